The zero-order valence-corrected chi connectivity index (χ0v) is 13.1. The molecule has 2 N–H and O–H groups in total. The number of nitrogens with one attached hydrogen (secondary N) is 2. The van der Waals surface area contributed by atoms with E-state index in [2.05, 4.69) is 10.6 Å². The van der Waals surface area contributed by atoms with E-state index < -0.39 is 0 Å². The van der Waals surface area contributed by atoms with Crippen molar-refractivity contribution in [1.82, 2.24) is 5.32 Å². The molecule has 5 nitrogen and oxygen atoms in total. The Morgan fingerprint density at radius 2 is 2.23 bits per heavy atom. The van der Waals surface area contributed by atoms with Gasteiger partial charge in [0.25, 0.3) is 5.91 Å². The minimum absolute atomic E-state index is 0.0426. The van der Waals surface area contributed by atoms with Crippen LogP contribution in [0.5, 0.6) is 0 Å². The third-order valence-electron chi connectivity index (χ3n) is 3.49. The SMILES string of the molecule is C[C@H](NC(=O)c1ccc2c(c1)NC(=O)[C@@H](C)S2)c1ccco1. The molecule has 1 aromatic carbocycles. The van der Waals surface area contributed by atoms with Crippen molar-refractivity contribution in [1.29, 1.82) is 0 Å². The van der Waals surface area contributed by atoms with Gasteiger partial charge in [0.1, 0.15) is 5.76 Å². The molecular formula is C16H16N2O3S. The average molecular weight is 316 g/mol. The van der Waals surface area contributed by atoms with Gasteiger partial charge in [-0.05, 0) is 44.2 Å². The third-order valence-corrected chi connectivity index (χ3v) is 4.67. The van der Waals surface area contributed by atoms with Gasteiger partial charge in [-0.3, -0.25) is 9.59 Å². The molecule has 22 heavy (non-hydrogen) atoms. The van der Waals surface area contributed by atoms with Crippen molar-refractivity contribution in [2.45, 2.75) is 30.0 Å². The molecule has 1 aromatic heterocycles. The van der Waals surface area contributed by atoms with Crippen LogP contribution in [0.4, 0.5) is 5.69 Å². The summed E-state index contributed by atoms with van der Waals surface area (Å²) in [6, 6.07) is 8.71. The average Bonchev–Trinajstić information content (AvgIpc) is 3.02. The van der Waals surface area contributed by atoms with Crippen LogP contribution in [0.3, 0.4) is 0 Å². The number of hydrogen-bond donors (Lipinski definition) is 2. The third kappa shape index (κ3) is 2.87. The van der Waals surface area contributed by atoms with Crippen molar-refractivity contribution in [2.75, 3.05) is 5.32 Å². The maximum absolute atomic E-state index is 12.3. The summed E-state index contributed by atoms with van der Waals surface area (Å²) in [7, 11) is 0. The summed E-state index contributed by atoms with van der Waals surface area (Å²) in [6.07, 6.45) is 1.57. The molecule has 1 aliphatic rings. The van der Waals surface area contributed by atoms with E-state index in [4.69, 9.17) is 4.42 Å². The van der Waals surface area contributed by atoms with Gasteiger partial charge in [-0.15, -0.1) is 11.8 Å². The highest BCUT2D eigenvalue weighted by Crippen LogP contribution is 2.35. The largest absolute Gasteiger partial charge is 0.467 e. The second kappa shape index (κ2) is 5.88. The Balaban J connectivity index is 1.76. The molecule has 0 saturated heterocycles. The number of benzene rings is 1. The van der Waals surface area contributed by atoms with Crippen molar-refractivity contribution < 1.29 is 14.0 Å². The minimum atomic E-state index is -0.220. The molecular weight excluding hydrogens is 300 g/mol. The summed E-state index contributed by atoms with van der Waals surface area (Å²) in [5, 5.41) is 5.58. The number of fused-ring (bicyclic) bond motifs is 1. The van der Waals surface area contributed by atoms with Crippen LogP contribution in [0.2, 0.25) is 0 Å². The first-order valence-corrected chi connectivity index (χ1v) is 7.88. The Hall–Kier alpha value is -2.21. The first-order chi connectivity index (χ1) is 10.5. The van der Waals surface area contributed by atoms with Crippen LogP contribution >= 0.6 is 11.8 Å². The van der Waals surface area contributed by atoms with Crippen LogP contribution in [0.25, 0.3) is 0 Å². The fraction of sp³-hybridized carbons (Fsp3) is 0.250. The molecule has 2 amide bonds. The standard InChI is InChI=1S/C16H16N2O3S/c1-9(13-4-3-7-21-13)17-16(20)11-5-6-14-12(8-11)18-15(19)10(2)22-14/h3-10H,1-2H3,(H,17,20)(H,18,19)/t9-,10+/m0/s1. The lowest BCUT2D eigenvalue weighted by Gasteiger charge is -2.22. The molecule has 2 heterocycles. The lowest BCUT2D eigenvalue weighted by molar-refractivity contribution is -0.115. The van der Waals surface area contributed by atoms with E-state index in [1.807, 2.05) is 26.0 Å². The Morgan fingerprint density at radius 1 is 1.41 bits per heavy atom. The van der Waals surface area contributed by atoms with Gasteiger partial charge >= 0.3 is 0 Å². The molecule has 2 atom stereocenters. The molecule has 0 radical (unpaired) electrons. The zero-order chi connectivity index (χ0) is 15.7. The maximum atomic E-state index is 12.3. The Kier molecular flexibility index (Phi) is 3.94. The van der Waals surface area contributed by atoms with Gasteiger partial charge in [0.15, 0.2) is 0 Å². The van der Waals surface area contributed by atoms with Crippen molar-refractivity contribution in [3.8, 4) is 0 Å². The van der Waals surface area contributed by atoms with E-state index in [0.29, 0.717) is 17.0 Å². The number of hydrogen-bond acceptors (Lipinski definition) is 4. The van der Waals surface area contributed by atoms with E-state index in [1.165, 1.54) is 11.8 Å². The number of carbonyl (C=O) groups is 2. The molecule has 0 spiro atoms. The van der Waals surface area contributed by atoms with E-state index >= 15 is 0 Å². The first-order valence-electron chi connectivity index (χ1n) is 7.00. The fourth-order valence-electron chi connectivity index (χ4n) is 2.24. The smallest absolute Gasteiger partial charge is 0.251 e. The summed E-state index contributed by atoms with van der Waals surface area (Å²) >= 11 is 1.49. The molecule has 0 fully saturated rings. The maximum Gasteiger partial charge on any atom is 0.251 e. The molecule has 3 rings (SSSR count). The van der Waals surface area contributed by atoms with Crippen LogP contribution in [0.15, 0.2) is 45.9 Å². The lowest BCUT2D eigenvalue weighted by atomic mass is 10.1. The van der Waals surface area contributed by atoms with E-state index in [0.717, 1.165) is 4.90 Å². The van der Waals surface area contributed by atoms with Crippen LogP contribution in [-0.4, -0.2) is 17.1 Å². The van der Waals surface area contributed by atoms with Crippen molar-refractivity contribution in [3.63, 3.8) is 0 Å². The highest BCUT2D eigenvalue weighted by Gasteiger charge is 2.24. The van der Waals surface area contributed by atoms with Crippen LogP contribution < -0.4 is 10.6 Å². The molecule has 0 bridgehead atoms. The monoisotopic (exact) mass is 316 g/mol. The number of rotatable bonds is 3. The Morgan fingerprint density at radius 3 is 2.95 bits per heavy atom. The Labute approximate surface area is 132 Å². The van der Waals surface area contributed by atoms with Crippen molar-refractivity contribution in [2.24, 2.45) is 0 Å². The van der Waals surface area contributed by atoms with E-state index in [1.54, 1.807) is 24.5 Å². The minimum Gasteiger partial charge on any atom is -0.467 e. The second-order valence-electron chi connectivity index (χ2n) is 5.17. The number of furan rings is 1. The summed E-state index contributed by atoms with van der Waals surface area (Å²) in [5.41, 5.74) is 1.19. The topological polar surface area (TPSA) is 71.3 Å². The molecule has 6 heteroatoms. The number of carbonyl (C=O) groups excluding carboxylic acids is 2. The highest BCUT2D eigenvalue weighted by molar-refractivity contribution is 8.00. The summed E-state index contributed by atoms with van der Waals surface area (Å²) < 4.78 is 5.27. The van der Waals surface area contributed by atoms with Gasteiger partial charge in [0.2, 0.25) is 5.91 Å². The summed E-state index contributed by atoms with van der Waals surface area (Å²) in [4.78, 5) is 25.0. The van der Waals surface area contributed by atoms with E-state index in [-0.39, 0.29) is 23.1 Å². The fourth-order valence-corrected chi connectivity index (χ4v) is 3.17. The summed E-state index contributed by atoms with van der Waals surface area (Å²) in [5.74, 6) is 0.451. The van der Waals surface area contributed by atoms with Gasteiger partial charge in [-0.2, -0.15) is 0 Å². The van der Waals surface area contributed by atoms with Crippen LogP contribution in [-0.2, 0) is 4.79 Å². The number of anilines is 1. The Bertz CT molecular complexity index is 712. The van der Waals surface area contributed by atoms with Gasteiger partial charge in [0.05, 0.1) is 23.2 Å². The predicted octanol–water partition coefficient (Wildman–Crippen LogP) is 3.20. The molecule has 0 aliphatic carbocycles. The number of amides is 2. The van der Waals surface area contributed by atoms with E-state index in [9.17, 15) is 9.59 Å². The lowest BCUT2D eigenvalue weighted by Crippen LogP contribution is -2.28. The molecule has 0 unspecified atom stereocenters. The van der Waals surface area contributed by atoms with Crippen LogP contribution in [0.1, 0.15) is 36.0 Å². The first kappa shape index (κ1) is 14.7. The zero-order valence-electron chi connectivity index (χ0n) is 12.3. The second-order valence-corrected chi connectivity index (χ2v) is 6.55. The van der Waals surface area contributed by atoms with Crippen molar-refractivity contribution in [3.05, 3.63) is 47.9 Å². The van der Waals surface area contributed by atoms with Gasteiger partial charge in [-0.1, -0.05) is 0 Å². The van der Waals surface area contributed by atoms with Gasteiger partial charge in [-0.25, -0.2) is 0 Å². The number of thioether (sulfide) groups is 1. The van der Waals surface area contributed by atoms with Crippen molar-refractivity contribution >= 4 is 29.3 Å². The molecule has 2 aromatic rings. The molecule has 114 valence electrons. The quantitative estimate of drug-likeness (QED) is 0.912. The highest BCUT2D eigenvalue weighted by atomic mass is 32.2. The predicted molar refractivity (Wildman–Crippen MR) is 85.0 cm³/mol. The summed E-state index contributed by atoms with van der Waals surface area (Å²) in [6.45, 7) is 3.71. The van der Waals surface area contributed by atoms with Gasteiger partial charge in [0, 0.05) is 10.5 Å². The normalized spacial score (nSPS) is 18.3. The molecule has 0 saturated carbocycles. The van der Waals surface area contributed by atoms with Crippen LogP contribution in [0, 0.1) is 0 Å². The van der Waals surface area contributed by atoms with Gasteiger partial charge < -0.3 is 15.1 Å². The molecule has 1 aliphatic heterocycles.